The molecule has 2 aliphatic rings. The van der Waals surface area contributed by atoms with Crippen LogP contribution in [-0.4, -0.2) is 35.7 Å². The molecule has 1 N–H and O–H groups in total. The summed E-state index contributed by atoms with van der Waals surface area (Å²) in [6, 6.07) is 16.2. The number of thioether (sulfide) groups is 1. The highest BCUT2D eigenvalue weighted by atomic mass is 35.5. The fraction of sp³-hybridized carbons (Fsp3) is 0.316. The van der Waals surface area contributed by atoms with Crippen molar-refractivity contribution in [2.24, 2.45) is 0 Å². The maximum atomic E-state index is 13.2. The molecule has 2 aromatic carbocycles. The van der Waals surface area contributed by atoms with Crippen LogP contribution in [0.2, 0.25) is 5.02 Å². The molecule has 2 aliphatic heterocycles. The van der Waals surface area contributed by atoms with Crippen molar-refractivity contribution in [2.75, 3.05) is 19.6 Å². The standard InChI is InChI=1S/C19H19ClN2OS.ClH/c20-15-6-3-5-13(10-15)16-12-21-8-9-22(16)19(23)18-11-14-4-1-2-7-17(14)24-18;/h1-7,10,16,18,21H,8-9,11-12H2;1H. The van der Waals surface area contributed by atoms with Crippen LogP contribution in [0.15, 0.2) is 53.4 Å². The third-order valence-electron chi connectivity index (χ3n) is 4.68. The van der Waals surface area contributed by atoms with Crippen LogP contribution >= 0.6 is 35.8 Å². The summed E-state index contributed by atoms with van der Waals surface area (Å²) in [6.45, 7) is 2.35. The van der Waals surface area contributed by atoms with Crippen LogP contribution in [0.25, 0.3) is 0 Å². The Morgan fingerprint density at radius 3 is 2.84 bits per heavy atom. The van der Waals surface area contributed by atoms with E-state index in [0.717, 1.165) is 31.6 Å². The number of piperazine rings is 1. The Kier molecular flexibility index (Phi) is 5.95. The molecule has 3 nitrogen and oxygen atoms in total. The number of rotatable bonds is 2. The SMILES string of the molecule is Cl.O=C(C1Cc2ccccc2S1)N1CCNCC1c1cccc(Cl)c1. The van der Waals surface area contributed by atoms with Gasteiger partial charge in [0.2, 0.25) is 5.91 Å². The van der Waals surface area contributed by atoms with E-state index in [-0.39, 0.29) is 29.6 Å². The van der Waals surface area contributed by atoms with Crippen molar-refractivity contribution >= 4 is 41.7 Å². The predicted molar refractivity (Wildman–Crippen MR) is 106 cm³/mol. The number of nitrogens with one attached hydrogen (secondary N) is 1. The number of nitrogens with zero attached hydrogens (tertiary/aromatic N) is 1. The van der Waals surface area contributed by atoms with Gasteiger partial charge in [0.1, 0.15) is 0 Å². The molecule has 0 spiro atoms. The molecule has 1 saturated heterocycles. The third-order valence-corrected chi connectivity index (χ3v) is 6.22. The molecular formula is C19H20Cl2N2OS. The van der Waals surface area contributed by atoms with E-state index in [1.54, 1.807) is 11.8 Å². The Morgan fingerprint density at radius 1 is 1.20 bits per heavy atom. The van der Waals surface area contributed by atoms with E-state index < -0.39 is 0 Å². The Labute approximate surface area is 163 Å². The third kappa shape index (κ3) is 3.82. The van der Waals surface area contributed by atoms with Crippen molar-refractivity contribution in [1.82, 2.24) is 10.2 Å². The van der Waals surface area contributed by atoms with Crippen molar-refractivity contribution in [1.29, 1.82) is 0 Å². The zero-order valence-electron chi connectivity index (χ0n) is 13.7. The summed E-state index contributed by atoms with van der Waals surface area (Å²) in [5.74, 6) is 0.239. The minimum atomic E-state index is -0.0119. The Morgan fingerprint density at radius 2 is 2.04 bits per heavy atom. The molecule has 25 heavy (non-hydrogen) atoms. The van der Waals surface area contributed by atoms with Crippen LogP contribution in [0, 0.1) is 0 Å². The van der Waals surface area contributed by atoms with Crippen LogP contribution in [0.5, 0.6) is 0 Å². The number of benzene rings is 2. The van der Waals surface area contributed by atoms with E-state index in [0.29, 0.717) is 5.02 Å². The molecule has 4 rings (SSSR count). The van der Waals surface area contributed by atoms with Gasteiger partial charge in [-0.3, -0.25) is 4.79 Å². The maximum absolute atomic E-state index is 13.2. The zero-order chi connectivity index (χ0) is 16.5. The highest BCUT2D eigenvalue weighted by Gasteiger charge is 2.35. The fourth-order valence-electron chi connectivity index (χ4n) is 3.48. The quantitative estimate of drug-likeness (QED) is 0.836. The molecule has 2 unspecified atom stereocenters. The first kappa shape index (κ1) is 18.6. The molecule has 1 amide bonds. The van der Waals surface area contributed by atoms with E-state index in [1.807, 2.05) is 35.2 Å². The van der Waals surface area contributed by atoms with Gasteiger partial charge in [-0.2, -0.15) is 0 Å². The molecule has 0 radical (unpaired) electrons. The molecule has 1 fully saturated rings. The van der Waals surface area contributed by atoms with E-state index >= 15 is 0 Å². The summed E-state index contributed by atoms with van der Waals surface area (Å²) in [4.78, 5) is 16.5. The van der Waals surface area contributed by atoms with Crippen molar-refractivity contribution in [3.63, 3.8) is 0 Å². The normalized spacial score (nSPS) is 22.2. The molecule has 2 aromatic rings. The van der Waals surface area contributed by atoms with Gasteiger partial charge in [0.25, 0.3) is 0 Å². The van der Waals surface area contributed by atoms with E-state index in [1.165, 1.54) is 10.5 Å². The number of hydrogen-bond donors (Lipinski definition) is 1. The van der Waals surface area contributed by atoms with Gasteiger partial charge in [0, 0.05) is 29.6 Å². The average molecular weight is 395 g/mol. The van der Waals surface area contributed by atoms with Gasteiger partial charge in [-0.15, -0.1) is 24.2 Å². The Balaban J connectivity index is 0.00000182. The predicted octanol–water partition coefficient (Wildman–Crippen LogP) is 3.95. The molecule has 2 atom stereocenters. The van der Waals surface area contributed by atoms with Gasteiger partial charge in [-0.25, -0.2) is 0 Å². The second-order valence-corrected chi connectivity index (χ2v) is 7.91. The lowest BCUT2D eigenvalue weighted by molar-refractivity contribution is -0.133. The zero-order valence-corrected chi connectivity index (χ0v) is 16.0. The minimum Gasteiger partial charge on any atom is -0.332 e. The first-order valence-electron chi connectivity index (χ1n) is 8.23. The number of halogens is 2. The van der Waals surface area contributed by atoms with Gasteiger partial charge in [-0.1, -0.05) is 41.9 Å². The monoisotopic (exact) mass is 394 g/mol. The van der Waals surface area contributed by atoms with Gasteiger partial charge in [0.15, 0.2) is 0 Å². The van der Waals surface area contributed by atoms with Crippen LogP contribution < -0.4 is 5.32 Å². The summed E-state index contributed by atoms with van der Waals surface area (Å²) in [6.07, 6.45) is 0.825. The number of hydrogen-bond acceptors (Lipinski definition) is 3. The lowest BCUT2D eigenvalue weighted by Gasteiger charge is -2.38. The second-order valence-electron chi connectivity index (χ2n) is 6.22. The highest BCUT2D eigenvalue weighted by molar-refractivity contribution is 8.01. The number of fused-ring (bicyclic) bond motifs is 1. The van der Waals surface area contributed by atoms with Crippen LogP contribution in [0.4, 0.5) is 0 Å². The number of carbonyl (C=O) groups is 1. The molecule has 0 bridgehead atoms. The van der Waals surface area contributed by atoms with E-state index in [9.17, 15) is 4.79 Å². The number of carbonyl (C=O) groups excluding carboxylic acids is 1. The van der Waals surface area contributed by atoms with Crippen molar-refractivity contribution in [3.8, 4) is 0 Å². The smallest absolute Gasteiger partial charge is 0.237 e. The molecule has 0 aromatic heterocycles. The topological polar surface area (TPSA) is 32.3 Å². The maximum Gasteiger partial charge on any atom is 0.237 e. The summed E-state index contributed by atoms with van der Waals surface area (Å²) in [5.41, 5.74) is 2.39. The van der Waals surface area contributed by atoms with Crippen LogP contribution in [0.1, 0.15) is 17.2 Å². The molecule has 0 aliphatic carbocycles. The lowest BCUT2D eigenvalue weighted by Crippen LogP contribution is -2.51. The molecule has 6 heteroatoms. The highest BCUT2D eigenvalue weighted by Crippen LogP contribution is 2.39. The van der Waals surface area contributed by atoms with Gasteiger partial charge in [-0.05, 0) is 35.7 Å². The van der Waals surface area contributed by atoms with Crippen molar-refractivity contribution in [3.05, 3.63) is 64.7 Å². The van der Waals surface area contributed by atoms with Crippen molar-refractivity contribution < 1.29 is 4.79 Å². The van der Waals surface area contributed by atoms with Crippen molar-refractivity contribution in [2.45, 2.75) is 22.6 Å². The summed E-state index contributed by atoms with van der Waals surface area (Å²) < 4.78 is 0. The van der Waals surface area contributed by atoms with E-state index in [4.69, 9.17) is 11.6 Å². The summed E-state index contributed by atoms with van der Waals surface area (Å²) >= 11 is 7.85. The van der Waals surface area contributed by atoms with Crippen LogP contribution in [0.3, 0.4) is 0 Å². The molecule has 132 valence electrons. The first-order chi connectivity index (χ1) is 11.7. The molecule has 0 saturated carbocycles. The summed E-state index contributed by atoms with van der Waals surface area (Å²) in [5, 5.41) is 4.11. The second kappa shape index (κ2) is 8.00. The van der Waals surface area contributed by atoms with Gasteiger partial charge in [0.05, 0.1) is 11.3 Å². The average Bonchev–Trinajstić information content (AvgIpc) is 3.05. The Hall–Kier alpha value is -1.20. The van der Waals surface area contributed by atoms with Gasteiger partial charge >= 0.3 is 0 Å². The minimum absolute atomic E-state index is 0. The summed E-state index contributed by atoms with van der Waals surface area (Å²) in [7, 11) is 0. The fourth-order valence-corrected chi connectivity index (χ4v) is 4.95. The largest absolute Gasteiger partial charge is 0.332 e. The lowest BCUT2D eigenvalue weighted by atomic mass is 10.0. The molecule has 2 heterocycles. The Bertz CT molecular complexity index is 746. The first-order valence-corrected chi connectivity index (χ1v) is 9.49. The van der Waals surface area contributed by atoms with Gasteiger partial charge < -0.3 is 10.2 Å². The molecular weight excluding hydrogens is 375 g/mol. The van der Waals surface area contributed by atoms with E-state index in [2.05, 4.69) is 23.5 Å². The number of amides is 1. The van der Waals surface area contributed by atoms with Crippen LogP contribution in [-0.2, 0) is 11.2 Å².